The van der Waals surface area contributed by atoms with Crippen LogP contribution in [0.2, 0.25) is 0 Å². The Hall–Kier alpha value is -2.73. The summed E-state index contributed by atoms with van der Waals surface area (Å²) in [5.74, 6) is 0. The summed E-state index contributed by atoms with van der Waals surface area (Å²) in [5, 5.41) is 27.9. The number of carbonyl (C=O) groups excluding carboxylic acids is 1. The molecule has 0 aliphatic rings. The second kappa shape index (κ2) is 4.67. The second-order valence-corrected chi connectivity index (χ2v) is 2.89. The van der Waals surface area contributed by atoms with E-state index in [0.29, 0.717) is 6.29 Å². The monoisotopic (exact) mass is 215 g/mol. The molecular weight excluding hydrogens is 210 g/mol. The summed E-state index contributed by atoms with van der Waals surface area (Å²) < 4.78 is 0. The van der Waals surface area contributed by atoms with Crippen molar-refractivity contribution in [1.29, 1.82) is 10.5 Å². The van der Waals surface area contributed by atoms with Crippen molar-refractivity contribution in [3.63, 3.8) is 0 Å². The summed E-state index contributed by atoms with van der Waals surface area (Å²) in [4.78, 5) is 20.5. The largest absolute Gasteiger partial charge is 0.298 e. The number of nitro groups is 1. The zero-order valence-corrected chi connectivity index (χ0v) is 8.01. The van der Waals surface area contributed by atoms with Gasteiger partial charge in [-0.2, -0.15) is 10.5 Å². The van der Waals surface area contributed by atoms with Crippen LogP contribution in [0.25, 0.3) is 0 Å². The topological polar surface area (TPSA) is 108 Å². The van der Waals surface area contributed by atoms with Crippen molar-refractivity contribution in [2.24, 2.45) is 0 Å². The highest BCUT2D eigenvalue weighted by Crippen LogP contribution is 2.21. The van der Waals surface area contributed by atoms with Crippen molar-refractivity contribution in [2.75, 3.05) is 0 Å². The van der Waals surface area contributed by atoms with Crippen molar-refractivity contribution in [2.45, 2.75) is 6.42 Å². The van der Waals surface area contributed by atoms with Crippen LogP contribution in [0.5, 0.6) is 0 Å². The van der Waals surface area contributed by atoms with E-state index in [1.54, 1.807) is 12.1 Å². The average Bonchev–Trinajstić information content (AvgIpc) is 2.28. The van der Waals surface area contributed by atoms with E-state index in [0.717, 1.165) is 12.1 Å². The summed E-state index contributed by atoms with van der Waals surface area (Å²) in [7, 11) is 0. The minimum Gasteiger partial charge on any atom is -0.298 e. The minimum absolute atomic E-state index is 0.0159. The highest BCUT2D eigenvalue weighted by Gasteiger charge is 2.15. The van der Waals surface area contributed by atoms with Gasteiger partial charge in [0.05, 0.1) is 23.0 Å². The maximum absolute atomic E-state index is 10.7. The van der Waals surface area contributed by atoms with Gasteiger partial charge in [-0.1, -0.05) is 0 Å². The zero-order valence-electron chi connectivity index (χ0n) is 8.01. The van der Waals surface area contributed by atoms with Crippen LogP contribution in [-0.2, 0) is 6.42 Å². The molecule has 0 amide bonds. The van der Waals surface area contributed by atoms with Crippen LogP contribution >= 0.6 is 0 Å². The number of hydrogen-bond donors (Lipinski definition) is 0. The molecule has 0 aliphatic carbocycles. The molecule has 1 aromatic rings. The Balaban J connectivity index is 3.52. The Morgan fingerprint density at radius 1 is 1.44 bits per heavy atom. The molecule has 6 nitrogen and oxygen atoms in total. The molecule has 0 saturated heterocycles. The van der Waals surface area contributed by atoms with Gasteiger partial charge >= 0.3 is 0 Å². The molecule has 0 unspecified atom stereocenters. The van der Waals surface area contributed by atoms with Crippen molar-refractivity contribution in [3.05, 3.63) is 38.9 Å². The van der Waals surface area contributed by atoms with Gasteiger partial charge in [0.2, 0.25) is 0 Å². The third-order valence-corrected chi connectivity index (χ3v) is 1.95. The minimum atomic E-state index is -0.672. The van der Waals surface area contributed by atoms with Gasteiger partial charge in [-0.05, 0) is 5.56 Å². The fourth-order valence-electron chi connectivity index (χ4n) is 1.27. The maximum Gasteiger partial charge on any atom is 0.270 e. The number of benzene rings is 1. The van der Waals surface area contributed by atoms with Gasteiger partial charge in [0, 0.05) is 17.7 Å². The summed E-state index contributed by atoms with van der Waals surface area (Å²) in [6.45, 7) is 0. The zero-order chi connectivity index (χ0) is 12.1. The van der Waals surface area contributed by atoms with Crippen molar-refractivity contribution in [3.8, 4) is 12.1 Å². The lowest BCUT2D eigenvalue weighted by Crippen LogP contribution is -1.99. The van der Waals surface area contributed by atoms with Crippen LogP contribution in [0.4, 0.5) is 5.69 Å². The third-order valence-electron chi connectivity index (χ3n) is 1.95. The van der Waals surface area contributed by atoms with E-state index < -0.39 is 4.92 Å². The number of nitriles is 2. The van der Waals surface area contributed by atoms with E-state index in [1.165, 1.54) is 0 Å². The fraction of sp³-hybridized carbons (Fsp3) is 0.100. The van der Waals surface area contributed by atoms with Crippen molar-refractivity contribution in [1.82, 2.24) is 0 Å². The lowest BCUT2D eigenvalue weighted by Gasteiger charge is -2.02. The molecule has 0 aliphatic heterocycles. The quantitative estimate of drug-likeness (QED) is 0.429. The molecule has 0 spiro atoms. The number of non-ortho nitro benzene ring substituents is 1. The van der Waals surface area contributed by atoms with Gasteiger partial charge in [-0.25, -0.2) is 0 Å². The Bertz CT molecular complexity index is 537. The molecule has 0 bridgehead atoms. The van der Waals surface area contributed by atoms with E-state index in [1.807, 2.05) is 0 Å². The van der Waals surface area contributed by atoms with Gasteiger partial charge in [0.25, 0.3) is 5.69 Å². The van der Waals surface area contributed by atoms with Crippen LogP contribution in [0, 0.1) is 32.8 Å². The first kappa shape index (κ1) is 11.3. The molecule has 0 N–H and O–H groups in total. The fourth-order valence-corrected chi connectivity index (χ4v) is 1.27. The highest BCUT2D eigenvalue weighted by molar-refractivity contribution is 5.81. The molecule has 16 heavy (non-hydrogen) atoms. The van der Waals surface area contributed by atoms with Gasteiger partial charge in [-0.15, -0.1) is 0 Å². The van der Waals surface area contributed by atoms with Crippen LogP contribution < -0.4 is 0 Å². The smallest absolute Gasteiger partial charge is 0.270 e. The highest BCUT2D eigenvalue weighted by atomic mass is 16.6. The predicted octanol–water partition coefficient (Wildman–Crippen LogP) is 1.35. The molecule has 0 aromatic heterocycles. The standard InChI is InChI=1S/C10H5N3O3/c11-2-1-7-3-9(13(15)16)4-8(6-14)10(7)5-12/h3-4,6H,1H2. The molecule has 0 radical (unpaired) electrons. The molecule has 1 aromatic carbocycles. The van der Waals surface area contributed by atoms with Gasteiger partial charge < -0.3 is 0 Å². The Morgan fingerprint density at radius 3 is 2.56 bits per heavy atom. The first-order chi connectivity index (χ1) is 7.63. The molecule has 0 atom stereocenters. The SMILES string of the molecule is N#CCc1cc([N+](=O)[O-])cc(C=O)c1C#N. The molecule has 6 heteroatoms. The number of aldehydes is 1. The van der Waals surface area contributed by atoms with Gasteiger partial charge in [0.15, 0.2) is 6.29 Å². The summed E-state index contributed by atoms with van der Waals surface area (Å²) in [6, 6.07) is 5.70. The summed E-state index contributed by atoms with van der Waals surface area (Å²) in [6.07, 6.45) is 0.220. The van der Waals surface area contributed by atoms with Gasteiger partial charge in [-0.3, -0.25) is 14.9 Å². The average molecular weight is 215 g/mol. The van der Waals surface area contributed by atoms with Crippen LogP contribution in [0.3, 0.4) is 0 Å². The van der Waals surface area contributed by atoms with E-state index in [4.69, 9.17) is 10.5 Å². The number of nitrogens with zero attached hydrogens (tertiary/aromatic N) is 3. The normalized spacial score (nSPS) is 8.88. The van der Waals surface area contributed by atoms with E-state index in [-0.39, 0.29) is 28.8 Å². The Kier molecular flexibility index (Phi) is 3.31. The first-order valence-corrected chi connectivity index (χ1v) is 4.17. The second-order valence-electron chi connectivity index (χ2n) is 2.89. The van der Waals surface area contributed by atoms with Gasteiger partial charge in [0.1, 0.15) is 6.07 Å². The van der Waals surface area contributed by atoms with Crippen molar-refractivity contribution >= 4 is 12.0 Å². The summed E-state index contributed by atoms with van der Waals surface area (Å²) >= 11 is 0. The molecular formula is C10H5N3O3. The van der Waals surface area contributed by atoms with E-state index in [2.05, 4.69) is 0 Å². The lowest BCUT2D eigenvalue weighted by atomic mass is 10.00. The van der Waals surface area contributed by atoms with E-state index in [9.17, 15) is 14.9 Å². The molecule has 0 fully saturated rings. The van der Waals surface area contributed by atoms with Crippen LogP contribution in [0.15, 0.2) is 12.1 Å². The predicted molar refractivity (Wildman–Crippen MR) is 52.5 cm³/mol. The van der Waals surface area contributed by atoms with Crippen LogP contribution in [0.1, 0.15) is 21.5 Å². The number of hydrogen-bond acceptors (Lipinski definition) is 5. The summed E-state index contributed by atoms with van der Waals surface area (Å²) in [5.41, 5.74) is -0.156. The van der Waals surface area contributed by atoms with Crippen LogP contribution in [-0.4, -0.2) is 11.2 Å². The first-order valence-electron chi connectivity index (χ1n) is 4.17. The number of carbonyl (C=O) groups is 1. The number of rotatable bonds is 3. The Labute approximate surface area is 90.5 Å². The third kappa shape index (κ3) is 2.02. The Morgan fingerprint density at radius 2 is 2.12 bits per heavy atom. The molecule has 1 rings (SSSR count). The molecule has 78 valence electrons. The van der Waals surface area contributed by atoms with E-state index >= 15 is 0 Å². The van der Waals surface area contributed by atoms with Crippen molar-refractivity contribution < 1.29 is 9.72 Å². The number of nitro benzene ring substituents is 1. The maximum atomic E-state index is 10.7. The molecule has 0 saturated carbocycles. The molecule has 0 heterocycles. The lowest BCUT2D eigenvalue weighted by molar-refractivity contribution is -0.384.